The molecule has 0 aliphatic heterocycles. The van der Waals surface area contributed by atoms with Gasteiger partial charge < -0.3 is 4.90 Å². The molecule has 0 aromatic carbocycles. The van der Waals surface area contributed by atoms with Crippen molar-refractivity contribution in [3.63, 3.8) is 0 Å². The summed E-state index contributed by atoms with van der Waals surface area (Å²) < 4.78 is 0. The van der Waals surface area contributed by atoms with Crippen molar-refractivity contribution < 1.29 is 4.79 Å². The van der Waals surface area contributed by atoms with Crippen molar-refractivity contribution in [3.05, 3.63) is 0 Å². The molecule has 0 bridgehead atoms. The predicted molar refractivity (Wildman–Crippen MR) is 88.9 cm³/mol. The fourth-order valence-corrected chi connectivity index (χ4v) is 2.20. The summed E-state index contributed by atoms with van der Waals surface area (Å²) in [5.41, 5.74) is 0.453. The monoisotopic (exact) mass is 283 g/mol. The van der Waals surface area contributed by atoms with E-state index in [1.165, 1.54) is 32.1 Å². The summed E-state index contributed by atoms with van der Waals surface area (Å²) in [5.74, 6) is 0.298. The van der Waals surface area contributed by atoms with Crippen molar-refractivity contribution in [2.24, 2.45) is 5.41 Å². The lowest BCUT2D eigenvalue weighted by Crippen LogP contribution is -2.44. The standard InChI is InChI=1S/C18H37NO/c1-8-18(5,6)19(7)16(20)14-12-10-9-11-13-15-17(2,3)4/h8-15H2,1-7H3. The molecule has 20 heavy (non-hydrogen) atoms. The third-order valence-corrected chi connectivity index (χ3v) is 4.46. The van der Waals surface area contributed by atoms with Crippen LogP contribution in [0.2, 0.25) is 0 Å². The van der Waals surface area contributed by atoms with E-state index >= 15 is 0 Å². The molecule has 0 fully saturated rings. The summed E-state index contributed by atoms with van der Waals surface area (Å²) in [5, 5.41) is 0. The first-order chi connectivity index (χ1) is 9.10. The number of hydrogen-bond acceptors (Lipinski definition) is 1. The molecule has 0 heterocycles. The summed E-state index contributed by atoms with van der Waals surface area (Å²) in [6.07, 6.45) is 9.14. The number of carbonyl (C=O) groups excluding carboxylic acids is 1. The van der Waals surface area contributed by atoms with Gasteiger partial charge in [0.15, 0.2) is 0 Å². The summed E-state index contributed by atoms with van der Waals surface area (Å²) in [6, 6.07) is 0. The zero-order valence-electron chi connectivity index (χ0n) is 15.0. The van der Waals surface area contributed by atoms with Crippen molar-refractivity contribution in [3.8, 4) is 0 Å². The van der Waals surface area contributed by atoms with E-state index in [4.69, 9.17) is 0 Å². The van der Waals surface area contributed by atoms with Gasteiger partial charge in [-0.1, -0.05) is 53.4 Å². The highest BCUT2D eigenvalue weighted by atomic mass is 16.2. The average molecular weight is 283 g/mol. The third-order valence-electron chi connectivity index (χ3n) is 4.46. The van der Waals surface area contributed by atoms with Crippen LogP contribution in [-0.4, -0.2) is 23.4 Å². The summed E-state index contributed by atoms with van der Waals surface area (Å²) in [7, 11) is 1.94. The number of unbranched alkanes of at least 4 members (excludes halogenated alkanes) is 4. The maximum absolute atomic E-state index is 12.1. The van der Waals surface area contributed by atoms with Crippen molar-refractivity contribution in [1.82, 2.24) is 4.90 Å². The van der Waals surface area contributed by atoms with Gasteiger partial charge in [0.05, 0.1) is 0 Å². The molecule has 1 amide bonds. The van der Waals surface area contributed by atoms with E-state index in [9.17, 15) is 4.79 Å². The Labute approximate surface area is 127 Å². The Bertz CT molecular complexity index is 276. The molecule has 2 heteroatoms. The first-order valence-electron chi connectivity index (χ1n) is 8.37. The van der Waals surface area contributed by atoms with Crippen LogP contribution in [-0.2, 0) is 4.79 Å². The van der Waals surface area contributed by atoms with Gasteiger partial charge in [-0.2, -0.15) is 0 Å². The van der Waals surface area contributed by atoms with Gasteiger partial charge in [-0.25, -0.2) is 0 Å². The molecule has 0 N–H and O–H groups in total. The second-order valence-electron chi connectivity index (χ2n) is 7.95. The number of hydrogen-bond donors (Lipinski definition) is 0. The zero-order chi connectivity index (χ0) is 15.8. The molecule has 0 saturated heterocycles. The lowest BCUT2D eigenvalue weighted by molar-refractivity contribution is -0.134. The fraction of sp³-hybridized carbons (Fsp3) is 0.944. The zero-order valence-corrected chi connectivity index (χ0v) is 15.0. The lowest BCUT2D eigenvalue weighted by atomic mass is 9.89. The maximum Gasteiger partial charge on any atom is 0.222 e. The van der Waals surface area contributed by atoms with Gasteiger partial charge in [0.2, 0.25) is 5.91 Å². The molecule has 0 spiro atoms. The normalized spacial score (nSPS) is 12.6. The Kier molecular flexibility index (Phi) is 8.46. The topological polar surface area (TPSA) is 20.3 Å². The van der Waals surface area contributed by atoms with Crippen LogP contribution < -0.4 is 0 Å². The number of amides is 1. The summed E-state index contributed by atoms with van der Waals surface area (Å²) in [6.45, 7) is 13.3. The molecule has 0 rings (SSSR count). The van der Waals surface area contributed by atoms with Crippen molar-refractivity contribution in [2.45, 2.75) is 98.4 Å². The molecule has 0 radical (unpaired) electrons. The smallest absolute Gasteiger partial charge is 0.222 e. The third kappa shape index (κ3) is 8.60. The van der Waals surface area contributed by atoms with Gasteiger partial charge in [-0.15, -0.1) is 0 Å². The number of nitrogens with zero attached hydrogens (tertiary/aromatic N) is 1. The second-order valence-corrected chi connectivity index (χ2v) is 7.95. The number of rotatable bonds is 9. The molecule has 0 atom stereocenters. The minimum atomic E-state index is -0.0101. The lowest BCUT2D eigenvalue weighted by Gasteiger charge is -2.35. The molecule has 0 aliphatic carbocycles. The van der Waals surface area contributed by atoms with Crippen LogP contribution in [0.15, 0.2) is 0 Å². The average Bonchev–Trinajstić information content (AvgIpc) is 2.35. The highest BCUT2D eigenvalue weighted by Crippen LogP contribution is 2.23. The largest absolute Gasteiger partial charge is 0.341 e. The molecule has 0 aromatic heterocycles. The highest BCUT2D eigenvalue weighted by molar-refractivity contribution is 5.76. The predicted octanol–water partition coefficient (Wildman–Crippen LogP) is 5.41. The van der Waals surface area contributed by atoms with Gasteiger partial charge in [0.25, 0.3) is 0 Å². The first-order valence-corrected chi connectivity index (χ1v) is 8.37. The van der Waals surface area contributed by atoms with Gasteiger partial charge in [-0.05, 0) is 38.5 Å². The van der Waals surface area contributed by atoms with Crippen LogP contribution in [0.3, 0.4) is 0 Å². The minimum Gasteiger partial charge on any atom is -0.341 e. The van der Waals surface area contributed by atoms with Crippen LogP contribution in [0, 0.1) is 5.41 Å². The molecular formula is C18H37NO. The van der Waals surface area contributed by atoms with Crippen molar-refractivity contribution in [1.29, 1.82) is 0 Å². The molecule has 0 aliphatic rings. The quantitative estimate of drug-likeness (QED) is 0.518. The van der Waals surface area contributed by atoms with E-state index in [0.717, 1.165) is 12.8 Å². The highest BCUT2D eigenvalue weighted by Gasteiger charge is 2.24. The second kappa shape index (κ2) is 8.69. The Morgan fingerprint density at radius 1 is 0.900 bits per heavy atom. The molecular weight excluding hydrogens is 246 g/mol. The minimum absolute atomic E-state index is 0.0101. The Balaban J connectivity index is 3.68. The van der Waals surface area contributed by atoms with Crippen LogP contribution in [0.4, 0.5) is 0 Å². The Morgan fingerprint density at radius 2 is 1.40 bits per heavy atom. The van der Waals surface area contributed by atoms with Gasteiger partial charge in [-0.3, -0.25) is 4.79 Å². The summed E-state index contributed by atoms with van der Waals surface area (Å²) in [4.78, 5) is 14.0. The molecule has 0 saturated carbocycles. The molecule has 0 unspecified atom stereocenters. The van der Waals surface area contributed by atoms with Gasteiger partial charge in [0, 0.05) is 19.0 Å². The van der Waals surface area contributed by atoms with Crippen molar-refractivity contribution in [2.75, 3.05) is 7.05 Å². The van der Waals surface area contributed by atoms with Gasteiger partial charge >= 0.3 is 0 Å². The SMILES string of the molecule is CCC(C)(C)N(C)C(=O)CCCCCCCC(C)(C)C. The van der Waals surface area contributed by atoms with E-state index in [2.05, 4.69) is 41.5 Å². The summed E-state index contributed by atoms with van der Waals surface area (Å²) >= 11 is 0. The van der Waals surface area contributed by atoms with Crippen LogP contribution in [0.5, 0.6) is 0 Å². The van der Waals surface area contributed by atoms with Gasteiger partial charge in [0.1, 0.15) is 0 Å². The van der Waals surface area contributed by atoms with E-state index < -0.39 is 0 Å². The van der Waals surface area contributed by atoms with E-state index in [-0.39, 0.29) is 5.54 Å². The Morgan fingerprint density at radius 3 is 1.90 bits per heavy atom. The van der Waals surface area contributed by atoms with E-state index in [1.807, 2.05) is 11.9 Å². The maximum atomic E-state index is 12.1. The first kappa shape index (κ1) is 19.5. The van der Waals surface area contributed by atoms with E-state index in [0.29, 0.717) is 17.7 Å². The van der Waals surface area contributed by atoms with Crippen LogP contribution >= 0.6 is 0 Å². The van der Waals surface area contributed by atoms with Crippen molar-refractivity contribution >= 4 is 5.91 Å². The molecule has 2 nitrogen and oxygen atoms in total. The number of carbonyl (C=O) groups is 1. The fourth-order valence-electron chi connectivity index (χ4n) is 2.20. The molecule has 120 valence electrons. The van der Waals surface area contributed by atoms with Crippen LogP contribution in [0.25, 0.3) is 0 Å². The Hall–Kier alpha value is -0.530. The van der Waals surface area contributed by atoms with E-state index in [1.54, 1.807) is 0 Å². The van der Waals surface area contributed by atoms with Crippen LogP contribution in [0.1, 0.15) is 92.9 Å². The molecule has 0 aromatic rings.